The van der Waals surface area contributed by atoms with Crippen LogP contribution in [-0.2, 0) is 24.1 Å². The Morgan fingerprint density at radius 1 is 1.23 bits per heavy atom. The molecule has 2 aromatic heterocycles. The molecule has 2 aliphatic rings. The molecule has 0 bridgehead atoms. The van der Waals surface area contributed by atoms with Crippen LogP contribution in [0.1, 0.15) is 52.7 Å². The second-order valence-corrected chi connectivity index (χ2v) is 9.25. The van der Waals surface area contributed by atoms with E-state index < -0.39 is 0 Å². The minimum Gasteiger partial charge on any atom is -0.468 e. The molecule has 1 fully saturated rings. The Hall–Kier alpha value is -1.90. The second-order valence-electron chi connectivity index (χ2n) is 7.76. The van der Waals surface area contributed by atoms with Gasteiger partial charge in [0.2, 0.25) is 0 Å². The molecule has 0 atom stereocenters. The molecule has 8 heteroatoms. The van der Waals surface area contributed by atoms with Crippen molar-refractivity contribution in [3.63, 3.8) is 0 Å². The van der Waals surface area contributed by atoms with E-state index >= 15 is 0 Å². The topological polar surface area (TPSA) is 58.0 Å². The summed E-state index contributed by atoms with van der Waals surface area (Å²) >= 11 is 7.40. The first kappa shape index (κ1) is 21.3. The summed E-state index contributed by atoms with van der Waals surface area (Å²) in [5, 5.41) is 4.94. The van der Waals surface area contributed by atoms with E-state index in [0.29, 0.717) is 17.3 Å². The minimum absolute atomic E-state index is 0.231. The standard InChI is InChI=1S/C22H29N3O3S2/c1-2-27-21(26)19-17-8-4-3-5-9-18(17)30-20(19)23-22(29)25-12-10-24(11-13-25)15-16-7-6-14-28-16/h6-7,14H,2-5,8-13,15H2,1H3,(H,23,29). The van der Waals surface area contributed by atoms with Gasteiger partial charge in [-0.25, -0.2) is 4.79 Å². The number of furan rings is 1. The lowest BCUT2D eigenvalue weighted by Crippen LogP contribution is -2.49. The van der Waals surface area contributed by atoms with Crippen LogP contribution in [0.2, 0.25) is 0 Å². The van der Waals surface area contributed by atoms with Crippen molar-refractivity contribution in [3.05, 3.63) is 40.2 Å². The maximum absolute atomic E-state index is 12.7. The van der Waals surface area contributed by atoms with Crippen LogP contribution < -0.4 is 5.32 Å². The number of aryl methyl sites for hydroxylation is 1. The number of rotatable bonds is 5. The number of esters is 1. The molecular formula is C22H29N3O3S2. The summed E-state index contributed by atoms with van der Waals surface area (Å²) in [4.78, 5) is 18.6. The zero-order valence-corrected chi connectivity index (χ0v) is 19.1. The highest BCUT2D eigenvalue weighted by atomic mass is 32.1. The van der Waals surface area contributed by atoms with Gasteiger partial charge in [0.25, 0.3) is 0 Å². The van der Waals surface area contributed by atoms with Crippen molar-refractivity contribution in [2.45, 2.75) is 45.6 Å². The lowest BCUT2D eigenvalue weighted by molar-refractivity contribution is 0.0527. The number of hydrogen-bond donors (Lipinski definition) is 1. The Morgan fingerprint density at radius 3 is 2.77 bits per heavy atom. The third-order valence-corrected chi connectivity index (χ3v) is 7.31. The number of ether oxygens (including phenoxy) is 1. The van der Waals surface area contributed by atoms with Gasteiger partial charge in [-0.2, -0.15) is 0 Å². The van der Waals surface area contributed by atoms with Crippen LogP contribution in [0.25, 0.3) is 0 Å². The lowest BCUT2D eigenvalue weighted by atomic mass is 10.1. The van der Waals surface area contributed by atoms with Crippen LogP contribution in [0.4, 0.5) is 5.00 Å². The van der Waals surface area contributed by atoms with Gasteiger partial charge in [-0.1, -0.05) is 6.42 Å². The highest BCUT2D eigenvalue weighted by molar-refractivity contribution is 7.80. The molecule has 3 heterocycles. The molecule has 0 spiro atoms. The number of thiocarbonyl (C=S) groups is 1. The van der Waals surface area contributed by atoms with Gasteiger partial charge >= 0.3 is 5.97 Å². The Labute approximate surface area is 187 Å². The number of piperazine rings is 1. The van der Waals surface area contributed by atoms with Gasteiger partial charge in [-0.05, 0) is 62.5 Å². The van der Waals surface area contributed by atoms with E-state index in [-0.39, 0.29) is 5.97 Å². The number of thiophene rings is 1. The number of nitrogens with one attached hydrogen (secondary N) is 1. The van der Waals surface area contributed by atoms with Crippen molar-refractivity contribution in [1.82, 2.24) is 9.80 Å². The quantitative estimate of drug-likeness (QED) is 0.417. The molecule has 4 rings (SSSR count). The predicted octanol–water partition coefficient (Wildman–Crippen LogP) is 4.30. The zero-order valence-electron chi connectivity index (χ0n) is 17.4. The summed E-state index contributed by atoms with van der Waals surface area (Å²) in [5.41, 5.74) is 1.88. The molecule has 1 saturated heterocycles. The summed E-state index contributed by atoms with van der Waals surface area (Å²) < 4.78 is 10.8. The number of fused-ring (bicyclic) bond motifs is 1. The number of carbonyl (C=O) groups is 1. The fourth-order valence-corrected chi connectivity index (χ4v) is 5.78. The lowest BCUT2D eigenvalue weighted by Gasteiger charge is -2.35. The second kappa shape index (κ2) is 9.94. The van der Waals surface area contributed by atoms with Crippen molar-refractivity contribution in [2.24, 2.45) is 0 Å². The monoisotopic (exact) mass is 447 g/mol. The van der Waals surface area contributed by atoms with Crippen molar-refractivity contribution in [1.29, 1.82) is 0 Å². The fraction of sp³-hybridized carbons (Fsp3) is 0.545. The highest BCUT2D eigenvalue weighted by Gasteiger charge is 2.27. The van der Waals surface area contributed by atoms with Crippen LogP contribution >= 0.6 is 23.6 Å². The summed E-state index contributed by atoms with van der Waals surface area (Å²) in [6.45, 7) is 6.61. The first-order valence-electron chi connectivity index (χ1n) is 10.8. The van der Waals surface area contributed by atoms with Crippen molar-refractivity contribution >= 4 is 39.6 Å². The molecule has 2 aromatic rings. The van der Waals surface area contributed by atoms with Gasteiger partial charge in [-0.15, -0.1) is 11.3 Å². The Balaban J connectivity index is 1.42. The SMILES string of the molecule is CCOC(=O)c1c(NC(=S)N2CCN(Cc3ccco3)CC2)sc2c1CCCCC2. The van der Waals surface area contributed by atoms with Crippen LogP contribution in [0, 0.1) is 0 Å². The highest BCUT2D eigenvalue weighted by Crippen LogP contribution is 2.38. The molecule has 1 N–H and O–H groups in total. The van der Waals surface area contributed by atoms with Crippen LogP contribution in [-0.4, -0.2) is 53.7 Å². The van der Waals surface area contributed by atoms with E-state index in [1.54, 1.807) is 17.6 Å². The normalized spacial score (nSPS) is 17.3. The molecule has 0 aromatic carbocycles. The molecule has 1 aliphatic heterocycles. The van der Waals surface area contributed by atoms with Gasteiger partial charge < -0.3 is 19.4 Å². The Bertz CT molecular complexity index is 871. The van der Waals surface area contributed by atoms with E-state index in [0.717, 1.165) is 62.7 Å². The predicted molar refractivity (Wildman–Crippen MR) is 123 cm³/mol. The van der Waals surface area contributed by atoms with Gasteiger partial charge in [0.1, 0.15) is 10.8 Å². The summed E-state index contributed by atoms with van der Waals surface area (Å²) in [5.74, 6) is 0.758. The van der Waals surface area contributed by atoms with Gasteiger partial charge in [0, 0.05) is 31.1 Å². The van der Waals surface area contributed by atoms with Crippen molar-refractivity contribution in [2.75, 3.05) is 38.1 Å². The summed E-state index contributed by atoms with van der Waals surface area (Å²) in [7, 11) is 0. The third kappa shape index (κ3) is 4.87. The smallest absolute Gasteiger partial charge is 0.341 e. The number of anilines is 1. The average Bonchev–Trinajstić information content (AvgIpc) is 3.30. The molecule has 0 unspecified atom stereocenters. The molecule has 30 heavy (non-hydrogen) atoms. The van der Waals surface area contributed by atoms with E-state index in [1.807, 2.05) is 19.1 Å². The fourth-order valence-electron chi connectivity index (χ4n) is 4.16. The largest absolute Gasteiger partial charge is 0.468 e. The molecule has 0 radical (unpaired) electrons. The van der Waals surface area contributed by atoms with E-state index in [4.69, 9.17) is 21.4 Å². The number of carbonyl (C=O) groups excluding carboxylic acids is 1. The molecule has 1 aliphatic carbocycles. The number of hydrogen-bond acceptors (Lipinski definition) is 6. The molecular weight excluding hydrogens is 418 g/mol. The van der Waals surface area contributed by atoms with E-state index in [9.17, 15) is 4.79 Å². The average molecular weight is 448 g/mol. The Kier molecular flexibility index (Phi) is 7.07. The molecule has 6 nitrogen and oxygen atoms in total. The van der Waals surface area contributed by atoms with Crippen LogP contribution in [0.5, 0.6) is 0 Å². The zero-order chi connectivity index (χ0) is 20.9. The number of nitrogens with zero attached hydrogens (tertiary/aromatic N) is 2. The van der Waals surface area contributed by atoms with Crippen LogP contribution in [0.15, 0.2) is 22.8 Å². The van der Waals surface area contributed by atoms with E-state index in [1.165, 1.54) is 23.3 Å². The molecule has 0 amide bonds. The minimum atomic E-state index is -0.231. The van der Waals surface area contributed by atoms with E-state index in [2.05, 4.69) is 15.1 Å². The third-order valence-electron chi connectivity index (χ3n) is 5.74. The van der Waals surface area contributed by atoms with Gasteiger partial charge in [-0.3, -0.25) is 4.90 Å². The van der Waals surface area contributed by atoms with Crippen molar-refractivity contribution < 1.29 is 13.9 Å². The van der Waals surface area contributed by atoms with Crippen LogP contribution in [0.3, 0.4) is 0 Å². The molecule has 0 saturated carbocycles. The van der Waals surface area contributed by atoms with Gasteiger partial charge in [0.15, 0.2) is 5.11 Å². The first-order valence-corrected chi connectivity index (χ1v) is 12.0. The van der Waals surface area contributed by atoms with Crippen molar-refractivity contribution in [3.8, 4) is 0 Å². The van der Waals surface area contributed by atoms with Gasteiger partial charge in [0.05, 0.1) is 25.0 Å². The Morgan fingerprint density at radius 2 is 2.03 bits per heavy atom. The maximum Gasteiger partial charge on any atom is 0.341 e. The first-order chi connectivity index (χ1) is 14.7. The summed E-state index contributed by atoms with van der Waals surface area (Å²) in [6.07, 6.45) is 7.21. The summed E-state index contributed by atoms with van der Waals surface area (Å²) in [6, 6.07) is 3.94. The maximum atomic E-state index is 12.7. The molecule has 162 valence electrons.